The lowest BCUT2D eigenvalue weighted by atomic mass is 10.1. The molecule has 2 fully saturated rings. The highest BCUT2D eigenvalue weighted by atomic mass is 19.1. The van der Waals surface area contributed by atoms with Crippen LogP contribution in [0.1, 0.15) is 42.6 Å². The summed E-state index contributed by atoms with van der Waals surface area (Å²) in [6.07, 6.45) is 3.89. The van der Waals surface area contributed by atoms with E-state index in [2.05, 4.69) is 5.32 Å². The molecular formula is C19H20FN3O4. The van der Waals surface area contributed by atoms with Crippen molar-refractivity contribution in [2.24, 2.45) is 0 Å². The lowest BCUT2D eigenvalue weighted by molar-refractivity contribution is -0.119. The molecule has 142 valence electrons. The molecule has 1 aliphatic carbocycles. The average Bonchev–Trinajstić information content (AvgIpc) is 3.34. The van der Waals surface area contributed by atoms with Crippen molar-refractivity contribution in [3.8, 4) is 0 Å². The van der Waals surface area contributed by atoms with E-state index in [-0.39, 0.29) is 28.9 Å². The summed E-state index contributed by atoms with van der Waals surface area (Å²) in [6, 6.07) is 2.86. The topological polar surface area (TPSA) is 91.6 Å². The summed E-state index contributed by atoms with van der Waals surface area (Å²) >= 11 is 0. The highest BCUT2D eigenvalue weighted by Gasteiger charge is 2.29. The zero-order valence-electron chi connectivity index (χ0n) is 14.9. The van der Waals surface area contributed by atoms with Crippen LogP contribution in [0.15, 0.2) is 23.1 Å². The summed E-state index contributed by atoms with van der Waals surface area (Å²) in [5, 5.41) is 12.2. The van der Waals surface area contributed by atoms with Gasteiger partial charge in [0, 0.05) is 43.7 Å². The van der Waals surface area contributed by atoms with Gasteiger partial charge in [0.05, 0.1) is 11.2 Å². The summed E-state index contributed by atoms with van der Waals surface area (Å²) in [7, 11) is 0. The third kappa shape index (κ3) is 3.15. The number of carboxylic acids is 1. The van der Waals surface area contributed by atoms with Gasteiger partial charge in [-0.2, -0.15) is 0 Å². The van der Waals surface area contributed by atoms with Crippen LogP contribution in [0.25, 0.3) is 10.9 Å². The normalized spacial score (nSPS) is 19.5. The van der Waals surface area contributed by atoms with Crippen molar-refractivity contribution in [1.82, 2.24) is 9.88 Å². The fourth-order valence-electron chi connectivity index (χ4n) is 3.79. The summed E-state index contributed by atoms with van der Waals surface area (Å²) in [5.41, 5.74) is -0.0926. The SMILES string of the molecule is CC(=O)NC1CCN(c2cc3c(cc2F)c(=O)c(C(=O)O)cn3C2CC2)C1. The van der Waals surface area contributed by atoms with Crippen LogP contribution in [0.4, 0.5) is 10.1 Å². The Kier molecular flexibility index (Phi) is 4.13. The van der Waals surface area contributed by atoms with Gasteiger partial charge in [0.15, 0.2) is 0 Å². The molecule has 0 bridgehead atoms. The molecule has 1 saturated carbocycles. The van der Waals surface area contributed by atoms with E-state index in [1.54, 1.807) is 10.6 Å². The molecule has 4 rings (SSSR count). The molecule has 1 aliphatic heterocycles. The van der Waals surface area contributed by atoms with Crippen LogP contribution in [-0.4, -0.2) is 40.7 Å². The molecule has 1 aromatic heterocycles. The molecule has 1 atom stereocenters. The molecule has 2 N–H and O–H groups in total. The lowest BCUT2D eigenvalue weighted by Crippen LogP contribution is -2.35. The second-order valence-electron chi connectivity index (χ2n) is 7.27. The Balaban J connectivity index is 1.80. The first-order valence-corrected chi connectivity index (χ1v) is 8.99. The molecule has 1 unspecified atom stereocenters. The van der Waals surface area contributed by atoms with Crippen LogP contribution in [0.3, 0.4) is 0 Å². The number of pyridine rings is 1. The number of amides is 1. The zero-order chi connectivity index (χ0) is 19.3. The molecular weight excluding hydrogens is 353 g/mol. The van der Waals surface area contributed by atoms with E-state index >= 15 is 0 Å². The lowest BCUT2D eigenvalue weighted by Gasteiger charge is -2.21. The first-order chi connectivity index (χ1) is 12.8. The van der Waals surface area contributed by atoms with Gasteiger partial charge < -0.3 is 19.9 Å². The van der Waals surface area contributed by atoms with Crippen molar-refractivity contribution >= 4 is 28.5 Å². The Morgan fingerprint density at radius 1 is 1.26 bits per heavy atom. The number of hydrogen-bond acceptors (Lipinski definition) is 4. The second kappa shape index (κ2) is 6.37. The molecule has 2 aliphatic rings. The van der Waals surface area contributed by atoms with Crippen molar-refractivity contribution < 1.29 is 19.1 Å². The predicted molar refractivity (Wildman–Crippen MR) is 97.8 cm³/mol. The monoisotopic (exact) mass is 373 g/mol. The Labute approximate surface area is 154 Å². The number of carbonyl (C=O) groups excluding carboxylic acids is 1. The van der Waals surface area contributed by atoms with Gasteiger partial charge in [-0.15, -0.1) is 0 Å². The van der Waals surface area contributed by atoms with E-state index in [0.717, 1.165) is 18.9 Å². The van der Waals surface area contributed by atoms with Gasteiger partial charge in [0.2, 0.25) is 11.3 Å². The number of benzene rings is 1. The van der Waals surface area contributed by atoms with E-state index < -0.39 is 17.2 Å². The first-order valence-electron chi connectivity index (χ1n) is 8.99. The van der Waals surface area contributed by atoms with Crippen LogP contribution >= 0.6 is 0 Å². The minimum absolute atomic E-state index is 0.0439. The van der Waals surface area contributed by atoms with Gasteiger partial charge in [-0.3, -0.25) is 9.59 Å². The highest BCUT2D eigenvalue weighted by Crippen LogP contribution is 2.38. The molecule has 1 amide bonds. The fraction of sp³-hybridized carbons (Fsp3) is 0.421. The van der Waals surface area contributed by atoms with Crippen molar-refractivity contribution in [3.05, 3.63) is 39.9 Å². The van der Waals surface area contributed by atoms with E-state index in [4.69, 9.17) is 0 Å². The highest BCUT2D eigenvalue weighted by molar-refractivity contribution is 5.93. The van der Waals surface area contributed by atoms with Crippen LogP contribution < -0.4 is 15.6 Å². The maximum atomic E-state index is 14.8. The van der Waals surface area contributed by atoms with Crippen molar-refractivity contribution in [2.45, 2.75) is 38.3 Å². The Morgan fingerprint density at radius 3 is 2.63 bits per heavy atom. The number of nitrogens with one attached hydrogen (secondary N) is 1. The molecule has 27 heavy (non-hydrogen) atoms. The van der Waals surface area contributed by atoms with Crippen molar-refractivity contribution in [2.75, 3.05) is 18.0 Å². The number of nitrogens with zero attached hydrogens (tertiary/aromatic N) is 2. The van der Waals surface area contributed by atoms with E-state index in [0.29, 0.717) is 30.7 Å². The molecule has 1 aromatic carbocycles. The van der Waals surface area contributed by atoms with Crippen molar-refractivity contribution in [3.63, 3.8) is 0 Å². The van der Waals surface area contributed by atoms with Crippen LogP contribution in [-0.2, 0) is 4.79 Å². The zero-order valence-corrected chi connectivity index (χ0v) is 14.9. The molecule has 2 heterocycles. The number of halogens is 1. The van der Waals surface area contributed by atoms with Crippen LogP contribution in [0.2, 0.25) is 0 Å². The van der Waals surface area contributed by atoms with Crippen molar-refractivity contribution in [1.29, 1.82) is 0 Å². The van der Waals surface area contributed by atoms with Gasteiger partial charge in [-0.25, -0.2) is 9.18 Å². The van der Waals surface area contributed by atoms with Gasteiger partial charge in [-0.05, 0) is 31.4 Å². The molecule has 7 nitrogen and oxygen atoms in total. The van der Waals surface area contributed by atoms with E-state index in [1.165, 1.54) is 13.1 Å². The molecule has 8 heteroatoms. The fourth-order valence-corrected chi connectivity index (χ4v) is 3.79. The third-order valence-electron chi connectivity index (χ3n) is 5.21. The maximum Gasteiger partial charge on any atom is 0.341 e. The standard InChI is InChI=1S/C19H20FN3O4/c1-10(24)21-11-4-5-22(8-11)17-7-16-13(6-15(17)20)18(25)14(19(26)27)9-23(16)12-2-3-12/h6-7,9,11-12H,2-5,8H2,1H3,(H,21,24)(H,26,27). The number of aromatic carboxylic acids is 1. The number of fused-ring (bicyclic) bond motifs is 1. The number of rotatable bonds is 4. The quantitative estimate of drug-likeness (QED) is 0.854. The number of carbonyl (C=O) groups is 2. The second-order valence-corrected chi connectivity index (χ2v) is 7.27. The average molecular weight is 373 g/mol. The van der Waals surface area contributed by atoms with Crippen LogP contribution in [0.5, 0.6) is 0 Å². The van der Waals surface area contributed by atoms with Gasteiger partial charge in [0.1, 0.15) is 11.4 Å². The summed E-state index contributed by atoms with van der Waals surface area (Å²) < 4.78 is 16.6. The molecule has 1 saturated heterocycles. The Morgan fingerprint density at radius 2 is 2.00 bits per heavy atom. The smallest absolute Gasteiger partial charge is 0.341 e. The largest absolute Gasteiger partial charge is 0.477 e. The number of carboxylic acid groups (broad SMARTS) is 1. The minimum Gasteiger partial charge on any atom is -0.477 e. The third-order valence-corrected chi connectivity index (χ3v) is 5.21. The van der Waals surface area contributed by atoms with Crippen LogP contribution in [0, 0.1) is 5.82 Å². The number of hydrogen-bond donors (Lipinski definition) is 2. The summed E-state index contributed by atoms with van der Waals surface area (Å²) in [4.78, 5) is 37.0. The summed E-state index contributed by atoms with van der Waals surface area (Å²) in [5.74, 6) is -1.99. The first kappa shape index (κ1) is 17.5. The maximum absolute atomic E-state index is 14.8. The molecule has 2 aromatic rings. The Hall–Kier alpha value is -2.90. The summed E-state index contributed by atoms with van der Waals surface area (Å²) in [6.45, 7) is 2.53. The predicted octanol–water partition coefficient (Wildman–Crippen LogP) is 1.89. The molecule has 0 spiro atoms. The Bertz CT molecular complexity index is 1010. The van der Waals surface area contributed by atoms with E-state index in [9.17, 15) is 23.9 Å². The van der Waals surface area contributed by atoms with E-state index in [1.807, 2.05) is 4.90 Å². The minimum atomic E-state index is -1.31. The number of anilines is 1. The molecule has 0 radical (unpaired) electrons. The van der Waals surface area contributed by atoms with Gasteiger partial charge in [0.25, 0.3) is 0 Å². The number of aromatic nitrogens is 1. The van der Waals surface area contributed by atoms with Gasteiger partial charge in [-0.1, -0.05) is 0 Å². The van der Waals surface area contributed by atoms with Gasteiger partial charge >= 0.3 is 5.97 Å².